The number of rotatable bonds is 3. The molecule has 1 aromatic carbocycles. The number of alkyl halides is 3. The van der Waals surface area contributed by atoms with E-state index in [1.807, 2.05) is 16.8 Å². The van der Waals surface area contributed by atoms with Crippen LogP contribution in [-0.4, -0.2) is 54.2 Å². The highest BCUT2D eigenvalue weighted by atomic mass is 19.4. The van der Waals surface area contributed by atoms with Gasteiger partial charge in [0.15, 0.2) is 0 Å². The summed E-state index contributed by atoms with van der Waals surface area (Å²) in [5.41, 5.74) is -0.736. The van der Waals surface area contributed by atoms with Gasteiger partial charge in [0.1, 0.15) is 5.82 Å². The van der Waals surface area contributed by atoms with Gasteiger partial charge in [-0.1, -0.05) is 6.07 Å². The second kappa shape index (κ2) is 6.29. The van der Waals surface area contributed by atoms with Crippen LogP contribution in [0.15, 0.2) is 18.2 Å². The predicted molar refractivity (Wildman–Crippen MR) is 70.2 cm³/mol. The molecule has 1 aromatic rings. The highest BCUT2D eigenvalue weighted by Gasteiger charge is 2.31. The fourth-order valence-electron chi connectivity index (χ4n) is 2.44. The van der Waals surface area contributed by atoms with Crippen molar-refractivity contribution in [1.29, 1.82) is 0 Å². The topological polar surface area (TPSA) is 26.7 Å². The Bertz CT molecular complexity index is 492. The predicted octanol–water partition coefficient (Wildman–Crippen LogP) is 1.95. The largest absolute Gasteiger partial charge is 0.416 e. The van der Waals surface area contributed by atoms with Gasteiger partial charge >= 0.3 is 6.18 Å². The highest BCUT2D eigenvalue weighted by molar-refractivity contribution is 5.26. The van der Waals surface area contributed by atoms with Crippen molar-refractivity contribution in [3.63, 3.8) is 0 Å². The summed E-state index contributed by atoms with van der Waals surface area (Å²) in [4.78, 5) is 3.95. The molecule has 1 heterocycles. The van der Waals surface area contributed by atoms with Crippen LogP contribution in [-0.2, 0) is 12.7 Å². The lowest BCUT2D eigenvalue weighted by Crippen LogP contribution is -2.52. The van der Waals surface area contributed by atoms with Crippen LogP contribution in [0.5, 0.6) is 0 Å². The monoisotopic (exact) mass is 306 g/mol. The van der Waals surface area contributed by atoms with Crippen LogP contribution in [0.4, 0.5) is 17.6 Å². The van der Waals surface area contributed by atoms with E-state index in [0.717, 1.165) is 12.6 Å². The smallest absolute Gasteiger partial charge is 0.395 e. The molecule has 0 aromatic heterocycles. The van der Waals surface area contributed by atoms with Crippen LogP contribution in [0.2, 0.25) is 0 Å². The van der Waals surface area contributed by atoms with E-state index in [9.17, 15) is 22.7 Å². The van der Waals surface area contributed by atoms with Crippen molar-refractivity contribution in [1.82, 2.24) is 9.80 Å². The maximum absolute atomic E-state index is 13.8. The summed E-state index contributed by atoms with van der Waals surface area (Å²) >= 11 is 0. The number of likely N-dealkylation sites (N-methyl/N-ethyl adjacent to an activating group) is 1. The summed E-state index contributed by atoms with van der Waals surface area (Å²) in [5, 5.41) is 9.26. The zero-order valence-electron chi connectivity index (χ0n) is 11.7. The molecule has 0 radical (unpaired) electrons. The average molecular weight is 306 g/mol. The van der Waals surface area contributed by atoms with Crippen LogP contribution < -0.4 is 0 Å². The molecule has 1 saturated heterocycles. The molecule has 1 atom stereocenters. The van der Waals surface area contributed by atoms with Crippen LogP contribution in [0.25, 0.3) is 0 Å². The Hall–Kier alpha value is -1.18. The molecule has 1 aliphatic rings. The van der Waals surface area contributed by atoms with Crippen LogP contribution in [0, 0.1) is 5.82 Å². The van der Waals surface area contributed by atoms with E-state index >= 15 is 0 Å². The van der Waals surface area contributed by atoms with Gasteiger partial charge in [0, 0.05) is 37.8 Å². The van der Waals surface area contributed by atoms with Crippen molar-refractivity contribution in [2.24, 2.45) is 0 Å². The lowest BCUT2D eigenvalue weighted by Gasteiger charge is -2.38. The maximum Gasteiger partial charge on any atom is 0.416 e. The van der Waals surface area contributed by atoms with Crippen LogP contribution in [0.3, 0.4) is 0 Å². The molecule has 1 aliphatic heterocycles. The Kier molecular flexibility index (Phi) is 4.85. The van der Waals surface area contributed by atoms with Crippen molar-refractivity contribution in [2.45, 2.75) is 18.8 Å². The van der Waals surface area contributed by atoms with Crippen molar-refractivity contribution in [3.05, 3.63) is 35.1 Å². The summed E-state index contributed by atoms with van der Waals surface area (Å²) in [7, 11) is 1.90. The lowest BCUT2D eigenvalue weighted by molar-refractivity contribution is -0.137. The van der Waals surface area contributed by atoms with E-state index in [1.54, 1.807) is 0 Å². The molecule has 0 aliphatic carbocycles. The molecule has 7 heteroatoms. The first kappa shape index (κ1) is 16.2. The molecular formula is C14H18F4N2O. The third-order valence-corrected chi connectivity index (χ3v) is 3.85. The van der Waals surface area contributed by atoms with Gasteiger partial charge in [-0.15, -0.1) is 0 Å². The average Bonchev–Trinajstić information content (AvgIpc) is 2.42. The number of halogens is 4. The molecule has 0 spiro atoms. The molecule has 3 nitrogen and oxygen atoms in total. The second-order valence-electron chi connectivity index (χ2n) is 5.36. The minimum atomic E-state index is -4.53. The summed E-state index contributed by atoms with van der Waals surface area (Å²) in [6, 6.07) is 2.59. The summed E-state index contributed by atoms with van der Waals surface area (Å²) in [6.07, 6.45) is -4.53. The number of aliphatic hydroxyl groups excluding tert-OH is 1. The van der Waals surface area contributed by atoms with Crippen molar-refractivity contribution in [2.75, 3.05) is 33.3 Å². The van der Waals surface area contributed by atoms with Gasteiger partial charge in [-0.2, -0.15) is 13.2 Å². The number of benzene rings is 1. The first-order chi connectivity index (χ1) is 9.81. The van der Waals surface area contributed by atoms with E-state index in [0.29, 0.717) is 19.2 Å². The normalized spacial score (nSPS) is 21.7. The summed E-state index contributed by atoms with van der Waals surface area (Å²) in [6.45, 7) is 2.23. The Balaban J connectivity index is 2.07. The number of piperazine rings is 1. The molecule has 2 rings (SSSR count). The highest BCUT2D eigenvalue weighted by Crippen LogP contribution is 2.30. The molecule has 0 saturated carbocycles. The maximum atomic E-state index is 13.8. The van der Waals surface area contributed by atoms with Crippen LogP contribution in [0.1, 0.15) is 11.1 Å². The Labute approximate surface area is 120 Å². The van der Waals surface area contributed by atoms with Crippen molar-refractivity contribution >= 4 is 0 Å². The van der Waals surface area contributed by atoms with E-state index in [4.69, 9.17) is 0 Å². The van der Waals surface area contributed by atoms with Gasteiger partial charge in [-0.3, -0.25) is 9.80 Å². The summed E-state index contributed by atoms with van der Waals surface area (Å²) in [5.74, 6) is -0.843. The molecule has 0 unspecified atom stereocenters. The van der Waals surface area contributed by atoms with E-state index in [1.165, 1.54) is 6.07 Å². The van der Waals surface area contributed by atoms with Gasteiger partial charge in [0.2, 0.25) is 0 Å². The molecular weight excluding hydrogens is 288 g/mol. The number of hydrogen-bond acceptors (Lipinski definition) is 3. The number of nitrogens with zero attached hydrogens (tertiary/aromatic N) is 2. The second-order valence-corrected chi connectivity index (χ2v) is 5.36. The van der Waals surface area contributed by atoms with Crippen LogP contribution >= 0.6 is 0 Å². The Morgan fingerprint density at radius 1 is 1.29 bits per heavy atom. The lowest BCUT2D eigenvalue weighted by atomic mass is 10.1. The fourth-order valence-corrected chi connectivity index (χ4v) is 2.44. The quantitative estimate of drug-likeness (QED) is 0.865. The third-order valence-electron chi connectivity index (χ3n) is 3.85. The van der Waals surface area contributed by atoms with Crippen molar-refractivity contribution in [3.8, 4) is 0 Å². The zero-order valence-corrected chi connectivity index (χ0v) is 11.7. The third kappa shape index (κ3) is 3.93. The van der Waals surface area contributed by atoms with Crippen molar-refractivity contribution < 1.29 is 22.7 Å². The minimum absolute atomic E-state index is 0.00247. The minimum Gasteiger partial charge on any atom is -0.395 e. The molecule has 0 bridgehead atoms. The first-order valence-electron chi connectivity index (χ1n) is 6.70. The van der Waals surface area contributed by atoms with Gasteiger partial charge < -0.3 is 5.11 Å². The molecule has 1 fully saturated rings. The standard InChI is InChI=1S/C14H18F4N2O/c1-19-4-5-20(8-12(19)9-21)7-10-2-3-11(6-13(10)15)14(16,17)18/h2-3,6,12,21H,4-5,7-9H2,1H3/t12-/m0/s1. The zero-order chi connectivity index (χ0) is 15.6. The molecule has 0 amide bonds. The molecule has 21 heavy (non-hydrogen) atoms. The molecule has 1 N–H and O–H groups in total. The number of hydrogen-bond donors (Lipinski definition) is 1. The van der Waals surface area contributed by atoms with Gasteiger partial charge in [0.05, 0.1) is 12.2 Å². The first-order valence-corrected chi connectivity index (χ1v) is 6.70. The Morgan fingerprint density at radius 2 is 2.00 bits per heavy atom. The van der Waals surface area contributed by atoms with Gasteiger partial charge in [-0.05, 0) is 19.2 Å². The van der Waals surface area contributed by atoms with Gasteiger partial charge in [0.25, 0.3) is 0 Å². The van der Waals surface area contributed by atoms with E-state index in [-0.39, 0.29) is 24.8 Å². The number of aliphatic hydroxyl groups is 1. The summed E-state index contributed by atoms with van der Waals surface area (Å²) < 4.78 is 51.3. The Morgan fingerprint density at radius 3 is 2.57 bits per heavy atom. The fraction of sp³-hybridized carbons (Fsp3) is 0.571. The van der Waals surface area contributed by atoms with E-state index in [2.05, 4.69) is 0 Å². The molecule has 118 valence electrons. The SMILES string of the molecule is CN1CCN(Cc2ccc(C(F)(F)F)cc2F)C[C@H]1CO. The van der Waals surface area contributed by atoms with E-state index < -0.39 is 17.6 Å². The van der Waals surface area contributed by atoms with Gasteiger partial charge in [-0.25, -0.2) is 4.39 Å².